The van der Waals surface area contributed by atoms with Gasteiger partial charge in [0.1, 0.15) is 6.61 Å². The summed E-state index contributed by atoms with van der Waals surface area (Å²) in [7, 11) is 2.71. The molecule has 1 aliphatic heterocycles. The Bertz CT molecular complexity index is 1360. The maximum absolute atomic E-state index is 12.4. The third kappa shape index (κ3) is 8.11. The molecule has 3 rings (SSSR count). The second kappa shape index (κ2) is 14.4. The van der Waals surface area contributed by atoms with Gasteiger partial charge in [0, 0.05) is 22.7 Å². The summed E-state index contributed by atoms with van der Waals surface area (Å²) in [4.78, 5) is 35.8. The molecule has 0 saturated carbocycles. The number of halogens is 1. The van der Waals surface area contributed by atoms with E-state index >= 15 is 0 Å². The molecule has 0 spiro atoms. The quantitative estimate of drug-likeness (QED) is 0.0896. The van der Waals surface area contributed by atoms with Crippen molar-refractivity contribution in [3.05, 3.63) is 57.2 Å². The van der Waals surface area contributed by atoms with Crippen LogP contribution < -0.4 is 35.0 Å². The molecule has 2 atom stereocenters. The van der Waals surface area contributed by atoms with E-state index in [0.29, 0.717) is 45.2 Å². The number of aliphatic hydroxyl groups excluding tert-OH is 1. The van der Waals surface area contributed by atoms with Gasteiger partial charge in [0.15, 0.2) is 29.2 Å². The molecule has 220 valence electrons. The molecule has 1 heterocycles. The largest absolute Gasteiger partial charge is 0.493 e. The van der Waals surface area contributed by atoms with E-state index in [4.69, 9.17) is 23.7 Å². The molecular formula is C27H31BrN4O9. The molecule has 2 aromatic carbocycles. The van der Waals surface area contributed by atoms with Gasteiger partial charge in [0.25, 0.3) is 0 Å². The third-order valence-corrected chi connectivity index (χ3v) is 6.32. The highest BCUT2D eigenvalue weighted by atomic mass is 79.9. The number of ether oxygens (including phenoxy) is 5. The van der Waals surface area contributed by atoms with Gasteiger partial charge in [0.05, 0.1) is 38.7 Å². The van der Waals surface area contributed by atoms with Crippen molar-refractivity contribution in [1.29, 1.82) is 0 Å². The lowest BCUT2D eigenvalue weighted by atomic mass is 9.95. The Morgan fingerprint density at radius 1 is 1.15 bits per heavy atom. The minimum absolute atomic E-state index is 0.191. The number of nitrogens with zero attached hydrogens (tertiary/aromatic N) is 1. The van der Waals surface area contributed by atoms with Crippen LogP contribution in [0.25, 0.3) is 0 Å². The first-order chi connectivity index (χ1) is 19.6. The first kappa shape index (κ1) is 31.2. The summed E-state index contributed by atoms with van der Waals surface area (Å²) in [6.07, 6.45) is 0.247. The fraction of sp³-hybridized carbons (Fsp3) is 0.333. The number of rotatable bonds is 12. The van der Waals surface area contributed by atoms with Crippen LogP contribution in [0.4, 0.5) is 4.79 Å². The van der Waals surface area contributed by atoms with E-state index in [1.165, 1.54) is 27.4 Å². The molecule has 2 aromatic rings. The number of hydrogen-bond acceptors (Lipinski definition) is 11. The minimum Gasteiger partial charge on any atom is -0.493 e. The predicted molar refractivity (Wildman–Crippen MR) is 151 cm³/mol. The highest BCUT2D eigenvalue weighted by molar-refractivity contribution is 9.10. The number of benzene rings is 2. The Balaban J connectivity index is 1.70. The number of methoxy groups -OCH3 is 2. The molecule has 41 heavy (non-hydrogen) atoms. The molecule has 2 amide bonds. The van der Waals surface area contributed by atoms with Gasteiger partial charge in [-0.05, 0) is 59.6 Å². The van der Waals surface area contributed by atoms with Gasteiger partial charge in [-0.15, -0.1) is 0 Å². The second-order valence-electron chi connectivity index (χ2n) is 8.53. The fourth-order valence-electron chi connectivity index (χ4n) is 3.86. The number of amides is 2. The SMILES string of the molecule is CCOc1cc([C@@H]2NC(=O)NC(C)=C2C(=O)OC)ccc1OC[C@@H](O)N/N=C\c1cc(OC)c(OC(C)=O)cc1Br. The first-order valence-electron chi connectivity index (χ1n) is 12.4. The monoisotopic (exact) mass is 634 g/mol. The topological polar surface area (TPSA) is 166 Å². The first-order valence-corrected chi connectivity index (χ1v) is 13.2. The lowest BCUT2D eigenvalue weighted by molar-refractivity contribution is -0.136. The Morgan fingerprint density at radius 2 is 1.90 bits per heavy atom. The van der Waals surface area contributed by atoms with Crippen molar-refractivity contribution in [3.8, 4) is 23.0 Å². The molecule has 0 bridgehead atoms. The summed E-state index contributed by atoms with van der Waals surface area (Å²) in [6, 6.07) is 6.88. The maximum atomic E-state index is 12.4. The Hall–Kier alpha value is -4.30. The lowest BCUT2D eigenvalue weighted by Crippen LogP contribution is -2.45. The summed E-state index contributed by atoms with van der Waals surface area (Å²) < 4.78 is 27.3. The average Bonchev–Trinajstić information content (AvgIpc) is 2.92. The standard InChI is InChI=1S/C27H31BrN4O9/c1-6-39-21-9-16(25-24(26(35)38-5)14(2)30-27(36)31-25)7-8-19(21)40-13-23(34)32-29-12-17-10-20(37-4)22(11-18(17)28)41-15(3)33/h7-12,23,25,32,34H,6,13H2,1-5H3,(H2,30,31,36)/b29-12-/t23-,25+/m1/s1. The molecular weight excluding hydrogens is 604 g/mol. The molecule has 1 aliphatic rings. The van der Waals surface area contributed by atoms with Crippen LogP contribution >= 0.6 is 15.9 Å². The van der Waals surface area contributed by atoms with E-state index in [-0.39, 0.29) is 17.9 Å². The van der Waals surface area contributed by atoms with Crippen molar-refractivity contribution in [2.75, 3.05) is 27.4 Å². The molecule has 0 fully saturated rings. The summed E-state index contributed by atoms with van der Waals surface area (Å²) in [6.45, 7) is 4.82. The Morgan fingerprint density at radius 3 is 2.56 bits per heavy atom. The van der Waals surface area contributed by atoms with Gasteiger partial charge in [-0.3, -0.25) is 10.2 Å². The van der Waals surface area contributed by atoms with Crippen molar-refractivity contribution in [2.45, 2.75) is 33.0 Å². The average molecular weight is 635 g/mol. The number of carbonyl (C=O) groups excluding carboxylic acids is 3. The van der Waals surface area contributed by atoms with Crippen molar-refractivity contribution in [1.82, 2.24) is 16.1 Å². The zero-order chi connectivity index (χ0) is 30.1. The van der Waals surface area contributed by atoms with Gasteiger partial charge in [-0.1, -0.05) is 6.07 Å². The van der Waals surface area contributed by atoms with E-state index in [2.05, 4.69) is 37.1 Å². The van der Waals surface area contributed by atoms with Crippen LogP contribution in [0.2, 0.25) is 0 Å². The van der Waals surface area contributed by atoms with Gasteiger partial charge in [-0.2, -0.15) is 5.10 Å². The number of allylic oxidation sites excluding steroid dienone is 1. The number of aliphatic hydroxyl groups is 1. The zero-order valence-electron chi connectivity index (χ0n) is 23.1. The van der Waals surface area contributed by atoms with E-state index < -0.39 is 30.2 Å². The van der Waals surface area contributed by atoms with Gasteiger partial charge in [0.2, 0.25) is 0 Å². The van der Waals surface area contributed by atoms with Crippen LogP contribution in [0.3, 0.4) is 0 Å². The molecule has 0 aromatic heterocycles. The normalized spacial score (nSPS) is 15.5. The number of hydrazone groups is 1. The number of nitrogens with one attached hydrogen (secondary N) is 3. The molecule has 0 radical (unpaired) electrons. The summed E-state index contributed by atoms with van der Waals surface area (Å²) in [5.41, 5.74) is 4.36. The maximum Gasteiger partial charge on any atom is 0.337 e. The second-order valence-corrected chi connectivity index (χ2v) is 9.39. The molecule has 0 unspecified atom stereocenters. The van der Waals surface area contributed by atoms with Crippen LogP contribution in [0.1, 0.15) is 37.9 Å². The number of esters is 2. The number of urea groups is 1. The highest BCUT2D eigenvalue weighted by Gasteiger charge is 2.32. The van der Waals surface area contributed by atoms with Crippen LogP contribution in [-0.4, -0.2) is 63.0 Å². The van der Waals surface area contributed by atoms with E-state index in [1.54, 1.807) is 44.2 Å². The molecule has 13 nitrogen and oxygen atoms in total. The van der Waals surface area contributed by atoms with Crippen LogP contribution in [0, 0.1) is 0 Å². The zero-order valence-corrected chi connectivity index (χ0v) is 24.7. The van der Waals surface area contributed by atoms with E-state index in [1.807, 2.05) is 0 Å². The van der Waals surface area contributed by atoms with E-state index in [9.17, 15) is 19.5 Å². The minimum atomic E-state index is -1.19. The molecule has 0 saturated heterocycles. The predicted octanol–water partition coefficient (Wildman–Crippen LogP) is 2.90. The van der Waals surface area contributed by atoms with E-state index in [0.717, 1.165) is 0 Å². The number of carbonyl (C=O) groups is 3. The van der Waals surface area contributed by atoms with Gasteiger partial charge in [-0.25, -0.2) is 9.59 Å². The number of hydrogen-bond donors (Lipinski definition) is 4. The van der Waals surface area contributed by atoms with Crippen LogP contribution in [0.5, 0.6) is 23.0 Å². The van der Waals surface area contributed by atoms with Crippen molar-refractivity contribution < 1.29 is 43.2 Å². The van der Waals surface area contributed by atoms with Crippen molar-refractivity contribution >= 4 is 40.1 Å². The fourth-order valence-corrected chi connectivity index (χ4v) is 4.28. The lowest BCUT2D eigenvalue weighted by Gasteiger charge is -2.28. The molecule has 14 heteroatoms. The van der Waals surface area contributed by atoms with Crippen molar-refractivity contribution in [2.24, 2.45) is 5.10 Å². The molecule has 0 aliphatic carbocycles. The van der Waals surface area contributed by atoms with Crippen LogP contribution in [0.15, 0.2) is 51.2 Å². The molecule has 4 N–H and O–H groups in total. The van der Waals surface area contributed by atoms with Crippen molar-refractivity contribution in [3.63, 3.8) is 0 Å². The Kier molecular flexibility index (Phi) is 10.9. The van der Waals surface area contributed by atoms with Crippen LogP contribution in [-0.2, 0) is 14.3 Å². The Labute approximate surface area is 244 Å². The van der Waals surface area contributed by atoms with Gasteiger partial charge >= 0.3 is 18.0 Å². The smallest absolute Gasteiger partial charge is 0.337 e. The summed E-state index contributed by atoms with van der Waals surface area (Å²) in [5.74, 6) is 0.179. The summed E-state index contributed by atoms with van der Waals surface area (Å²) in [5, 5.41) is 19.7. The highest BCUT2D eigenvalue weighted by Crippen LogP contribution is 2.35. The summed E-state index contributed by atoms with van der Waals surface area (Å²) >= 11 is 3.39. The third-order valence-electron chi connectivity index (χ3n) is 5.64. The van der Waals surface area contributed by atoms with Gasteiger partial charge < -0.3 is 39.4 Å².